The normalized spacial score (nSPS) is 13.6. The molecule has 0 unspecified atom stereocenters. The van der Waals surface area contributed by atoms with Crippen LogP contribution in [0.25, 0.3) is 0 Å². The Balaban J connectivity index is 2.25. The molecule has 4 rings (SSSR count). The van der Waals surface area contributed by atoms with Crippen LogP contribution in [0.1, 0.15) is 114 Å². The molecule has 4 heteroatoms. The first-order chi connectivity index (χ1) is 21.8. The maximum Gasteiger partial charge on any atom is 0.127 e. The molecule has 0 saturated carbocycles. The number of hydrogen-bond acceptors (Lipinski definition) is 4. The molecule has 4 aromatic rings. The zero-order valence-electron chi connectivity index (χ0n) is 30.1. The minimum Gasteiger partial charge on any atom is -0.395 e. The molecule has 4 N–H and O–H groups in total. The second-order valence-electron chi connectivity index (χ2n) is 16.5. The Labute approximate surface area is 283 Å². The summed E-state index contributed by atoms with van der Waals surface area (Å²) < 4.78 is 0. The van der Waals surface area contributed by atoms with Crippen molar-refractivity contribution in [2.24, 2.45) is 5.41 Å². The van der Waals surface area contributed by atoms with Gasteiger partial charge in [0.2, 0.25) is 0 Å². The Morgan fingerprint density at radius 2 is 0.723 bits per heavy atom. The van der Waals surface area contributed by atoms with Crippen molar-refractivity contribution in [2.45, 2.75) is 96.5 Å². The Morgan fingerprint density at radius 3 is 1.00 bits per heavy atom. The van der Waals surface area contributed by atoms with Gasteiger partial charge in [0.25, 0.3) is 0 Å². The molecule has 0 heterocycles. The Morgan fingerprint density at radius 1 is 0.404 bits per heavy atom. The fourth-order valence-corrected chi connectivity index (χ4v) is 6.92. The van der Waals surface area contributed by atoms with Crippen LogP contribution < -0.4 is 0 Å². The molecule has 0 amide bonds. The number of aliphatic hydroxyl groups excluding tert-OH is 3. The van der Waals surface area contributed by atoms with Crippen LogP contribution in [-0.2, 0) is 27.3 Å². The summed E-state index contributed by atoms with van der Waals surface area (Å²) >= 11 is 0. The van der Waals surface area contributed by atoms with Gasteiger partial charge >= 0.3 is 0 Å². The van der Waals surface area contributed by atoms with Gasteiger partial charge in [-0.25, -0.2) is 0 Å². The molecular weight excluding hydrogens is 580 g/mol. The molecule has 252 valence electrons. The molecule has 0 aromatic heterocycles. The molecule has 0 aliphatic carbocycles. The molecule has 4 nitrogen and oxygen atoms in total. The molecular formula is C43H56O4. The van der Waals surface area contributed by atoms with Crippen molar-refractivity contribution < 1.29 is 20.4 Å². The van der Waals surface area contributed by atoms with Crippen molar-refractivity contribution in [1.29, 1.82) is 0 Å². The molecule has 0 atom stereocenters. The number of hydrogen-bond donors (Lipinski definition) is 4. The Kier molecular flexibility index (Phi) is 10.1. The van der Waals surface area contributed by atoms with Crippen LogP contribution in [0.3, 0.4) is 0 Å². The third-order valence-electron chi connectivity index (χ3n) is 10.6. The van der Waals surface area contributed by atoms with E-state index in [-0.39, 0.29) is 10.8 Å². The van der Waals surface area contributed by atoms with Crippen LogP contribution in [0.5, 0.6) is 0 Å². The zero-order valence-corrected chi connectivity index (χ0v) is 30.1. The van der Waals surface area contributed by atoms with Gasteiger partial charge in [0.1, 0.15) is 5.60 Å². The largest absolute Gasteiger partial charge is 0.395 e. The second-order valence-corrected chi connectivity index (χ2v) is 16.5. The van der Waals surface area contributed by atoms with Crippen LogP contribution in [-0.4, -0.2) is 40.2 Å². The first-order valence-electron chi connectivity index (χ1n) is 16.8. The highest BCUT2D eigenvalue weighted by Crippen LogP contribution is 2.53. The van der Waals surface area contributed by atoms with Crippen LogP contribution in [0.4, 0.5) is 0 Å². The molecule has 0 bridgehead atoms. The summed E-state index contributed by atoms with van der Waals surface area (Å²) in [5.41, 5.74) is 1.81. The van der Waals surface area contributed by atoms with E-state index in [4.69, 9.17) is 0 Å². The van der Waals surface area contributed by atoms with Crippen LogP contribution in [0.2, 0.25) is 0 Å². The van der Waals surface area contributed by atoms with Gasteiger partial charge in [-0.2, -0.15) is 0 Å². The molecule has 0 aliphatic rings. The summed E-state index contributed by atoms with van der Waals surface area (Å²) in [6.45, 7) is 19.6. The monoisotopic (exact) mass is 636 g/mol. The van der Waals surface area contributed by atoms with E-state index in [1.807, 2.05) is 60.7 Å². The molecule has 0 aliphatic heterocycles. The van der Waals surface area contributed by atoms with Crippen molar-refractivity contribution in [3.63, 3.8) is 0 Å². The van der Waals surface area contributed by atoms with Crippen LogP contribution >= 0.6 is 0 Å². The smallest absolute Gasteiger partial charge is 0.127 e. The quantitative estimate of drug-likeness (QED) is 0.142. The van der Waals surface area contributed by atoms with Crippen molar-refractivity contribution in [2.75, 3.05) is 19.8 Å². The van der Waals surface area contributed by atoms with E-state index in [0.717, 1.165) is 33.4 Å². The summed E-state index contributed by atoms with van der Waals surface area (Å²) in [7, 11) is 0. The maximum atomic E-state index is 13.8. The topological polar surface area (TPSA) is 80.9 Å². The van der Waals surface area contributed by atoms with E-state index >= 15 is 0 Å². The highest BCUT2D eigenvalue weighted by atomic mass is 16.3. The summed E-state index contributed by atoms with van der Waals surface area (Å²) in [5.74, 6) is 0. The SMILES string of the molecule is CC(C)(C)c1ccc(C(O)(c2ccc(C(C)(C)C)cc2C(C)(C)c2ccccc2)C(CO)(CO)CO)c(C(C)(C)c2ccccc2)c1. The van der Waals surface area contributed by atoms with Gasteiger partial charge in [0.05, 0.1) is 25.2 Å². The van der Waals surface area contributed by atoms with Crippen LogP contribution in [0, 0.1) is 5.41 Å². The fraction of sp³-hybridized carbons (Fsp3) is 0.442. The van der Waals surface area contributed by atoms with Crippen LogP contribution in [0.15, 0.2) is 97.1 Å². The van der Waals surface area contributed by atoms with Gasteiger partial charge < -0.3 is 20.4 Å². The predicted molar refractivity (Wildman–Crippen MR) is 194 cm³/mol. The average Bonchev–Trinajstić information content (AvgIpc) is 3.05. The Hall–Kier alpha value is -3.28. The highest BCUT2D eigenvalue weighted by molar-refractivity contribution is 5.57. The van der Waals surface area contributed by atoms with Gasteiger partial charge in [-0.15, -0.1) is 0 Å². The lowest BCUT2D eigenvalue weighted by atomic mass is 9.59. The first kappa shape index (κ1) is 36.6. The standard InChI is InChI=1S/C43H56O4/c1-38(2,3)32-21-23-34(36(25-32)40(7,8)30-17-13-11-14-18-30)43(47,42(27-44,28-45)29-46)35-24-22-33(39(4,5)6)26-37(35)41(9,10)31-19-15-12-16-20-31/h11-26,44-47H,27-29H2,1-10H3. The van der Waals surface area contributed by atoms with E-state index in [9.17, 15) is 20.4 Å². The third-order valence-corrected chi connectivity index (χ3v) is 10.6. The number of benzene rings is 4. The third kappa shape index (κ3) is 6.46. The predicted octanol–water partition coefficient (Wildman–Crippen LogP) is 8.13. The minimum atomic E-state index is -2.01. The van der Waals surface area contributed by atoms with Crippen molar-refractivity contribution in [3.05, 3.63) is 142 Å². The lowest BCUT2D eigenvalue weighted by molar-refractivity contribution is -0.137. The van der Waals surface area contributed by atoms with Gasteiger partial charge in [0.15, 0.2) is 0 Å². The number of rotatable bonds is 10. The molecule has 0 radical (unpaired) electrons. The summed E-state index contributed by atoms with van der Waals surface area (Å²) in [6, 6.07) is 32.7. The lowest BCUT2D eigenvalue weighted by Gasteiger charge is -2.49. The van der Waals surface area contributed by atoms with E-state index in [1.165, 1.54) is 0 Å². The Bertz CT molecular complexity index is 1530. The first-order valence-corrected chi connectivity index (χ1v) is 16.8. The van der Waals surface area contributed by atoms with Gasteiger partial charge in [-0.1, -0.05) is 166 Å². The van der Waals surface area contributed by atoms with Gasteiger partial charge in [0, 0.05) is 10.8 Å². The molecule has 0 spiro atoms. The minimum absolute atomic E-state index is 0.186. The molecule has 0 saturated heterocycles. The van der Waals surface area contributed by atoms with E-state index in [0.29, 0.717) is 11.1 Å². The van der Waals surface area contributed by atoms with Crippen molar-refractivity contribution in [3.8, 4) is 0 Å². The molecule has 47 heavy (non-hydrogen) atoms. The highest BCUT2D eigenvalue weighted by Gasteiger charge is 2.55. The summed E-state index contributed by atoms with van der Waals surface area (Å²) in [6.07, 6.45) is 0. The lowest BCUT2D eigenvalue weighted by Crippen LogP contribution is -2.55. The molecule has 4 aromatic carbocycles. The zero-order chi connectivity index (χ0) is 35.1. The van der Waals surface area contributed by atoms with E-state index in [1.54, 1.807) is 0 Å². The average molecular weight is 637 g/mol. The summed E-state index contributed by atoms with van der Waals surface area (Å²) in [4.78, 5) is 0. The van der Waals surface area contributed by atoms with Crippen molar-refractivity contribution in [1.82, 2.24) is 0 Å². The van der Waals surface area contributed by atoms with Gasteiger partial charge in [-0.3, -0.25) is 0 Å². The van der Waals surface area contributed by atoms with Gasteiger partial charge in [-0.05, 0) is 55.3 Å². The second kappa shape index (κ2) is 13.0. The van der Waals surface area contributed by atoms with E-state index in [2.05, 4.69) is 106 Å². The summed E-state index contributed by atoms with van der Waals surface area (Å²) in [5, 5.41) is 47.2. The maximum absolute atomic E-state index is 13.8. The number of aliphatic hydroxyl groups is 4. The van der Waals surface area contributed by atoms with Crippen molar-refractivity contribution >= 4 is 0 Å². The molecule has 0 fully saturated rings. The fourth-order valence-electron chi connectivity index (χ4n) is 6.92. The van der Waals surface area contributed by atoms with E-state index < -0.39 is 41.7 Å².